The third-order valence-electron chi connectivity index (χ3n) is 3.70. The van der Waals surface area contributed by atoms with E-state index in [1.165, 1.54) is 22.5 Å². The van der Waals surface area contributed by atoms with Crippen molar-refractivity contribution in [2.75, 3.05) is 19.6 Å². The summed E-state index contributed by atoms with van der Waals surface area (Å²) in [5, 5.41) is 2.71. The van der Waals surface area contributed by atoms with Crippen molar-refractivity contribution in [2.24, 2.45) is 5.92 Å². The van der Waals surface area contributed by atoms with Gasteiger partial charge in [0.15, 0.2) is 0 Å². The lowest BCUT2D eigenvalue weighted by molar-refractivity contribution is -0.125. The number of amides is 1. The number of sulfonamides is 1. The van der Waals surface area contributed by atoms with E-state index < -0.39 is 15.8 Å². The summed E-state index contributed by atoms with van der Waals surface area (Å²) in [6.07, 6.45) is 2.45. The zero-order valence-electron chi connectivity index (χ0n) is 12.2. The van der Waals surface area contributed by atoms with Crippen LogP contribution in [0.5, 0.6) is 0 Å². The van der Waals surface area contributed by atoms with Crippen LogP contribution in [0.3, 0.4) is 0 Å². The van der Waals surface area contributed by atoms with Crippen LogP contribution in [0.15, 0.2) is 41.8 Å². The Morgan fingerprint density at radius 1 is 1.36 bits per heavy atom. The number of hydrogen-bond acceptors (Lipinski definition) is 3. The molecule has 1 amide bonds. The van der Waals surface area contributed by atoms with E-state index in [0.29, 0.717) is 19.4 Å². The molecular formula is C15H19FN2O3S. The van der Waals surface area contributed by atoms with Gasteiger partial charge in [-0.15, -0.1) is 6.58 Å². The summed E-state index contributed by atoms with van der Waals surface area (Å²) in [6, 6.07) is 5.33. The molecule has 1 aliphatic heterocycles. The van der Waals surface area contributed by atoms with Crippen molar-refractivity contribution in [1.29, 1.82) is 0 Å². The van der Waals surface area contributed by atoms with Crippen molar-refractivity contribution in [3.63, 3.8) is 0 Å². The number of halogens is 1. The van der Waals surface area contributed by atoms with Crippen molar-refractivity contribution in [3.05, 3.63) is 42.7 Å². The summed E-state index contributed by atoms with van der Waals surface area (Å²) in [7, 11) is -3.85. The molecule has 1 N–H and O–H groups in total. The van der Waals surface area contributed by atoms with E-state index in [2.05, 4.69) is 11.9 Å². The monoisotopic (exact) mass is 326 g/mol. The van der Waals surface area contributed by atoms with Gasteiger partial charge in [-0.3, -0.25) is 4.79 Å². The van der Waals surface area contributed by atoms with Gasteiger partial charge >= 0.3 is 0 Å². The molecule has 5 nitrogen and oxygen atoms in total. The lowest BCUT2D eigenvalue weighted by Gasteiger charge is -2.30. The second-order valence-electron chi connectivity index (χ2n) is 5.14. The predicted molar refractivity (Wildman–Crippen MR) is 81.1 cm³/mol. The molecule has 1 fully saturated rings. The maximum atomic E-state index is 13.7. The summed E-state index contributed by atoms with van der Waals surface area (Å²) in [4.78, 5) is 11.5. The Kier molecular flexibility index (Phi) is 5.31. The van der Waals surface area contributed by atoms with Gasteiger partial charge in [-0.25, -0.2) is 12.8 Å². The molecule has 1 aromatic carbocycles. The van der Waals surface area contributed by atoms with Gasteiger partial charge in [0, 0.05) is 25.6 Å². The normalized spacial score (nSPS) is 17.1. The number of rotatable bonds is 5. The van der Waals surface area contributed by atoms with Crippen LogP contribution in [-0.4, -0.2) is 38.3 Å². The summed E-state index contributed by atoms with van der Waals surface area (Å²) >= 11 is 0. The standard InChI is InChI=1S/C15H19FN2O3S/c1-2-9-17-15(19)12-7-10-18(11-8-12)22(20,21)14-6-4-3-5-13(14)16/h2-6,12H,1,7-11H2,(H,17,19). The molecule has 0 saturated carbocycles. The van der Waals surface area contributed by atoms with Crippen molar-refractivity contribution < 1.29 is 17.6 Å². The summed E-state index contributed by atoms with van der Waals surface area (Å²) in [5.74, 6) is -1.07. The maximum Gasteiger partial charge on any atom is 0.245 e. The zero-order chi connectivity index (χ0) is 16.2. The second-order valence-corrected chi connectivity index (χ2v) is 7.05. The molecule has 1 saturated heterocycles. The van der Waals surface area contributed by atoms with Crippen LogP contribution in [0.2, 0.25) is 0 Å². The largest absolute Gasteiger partial charge is 0.352 e. The topological polar surface area (TPSA) is 66.5 Å². The van der Waals surface area contributed by atoms with Crippen LogP contribution >= 0.6 is 0 Å². The fourth-order valence-corrected chi connectivity index (χ4v) is 4.00. The summed E-state index contributed by atoms with van der Waals surface area (Å²) in [5.41, 5.74) is 0. The van der Waals surface area contributed by atoms with E-state index >= 15 is 0 Å². The van der Waals surface area contributed by atoms with Gasteiger partial charge < -0.3 is 5.32 Å². The molecular weight excluding hydrogens is 307 g/mol. The van der Waals surface area contributed by atoms with Crippen LogP contribution in [-0.2, 0) is 14.8 Å². The molecule has 1 aliphatic rings. The predicted octanol–water partition coefficient (Wildman–Crippen LogP) is 1.53. The highest BCUT2D eigenvalue weighted by Gasteiger charge is 2.33. The molecule has 22 heavy (non-hydrogen) atoms. The maximum absolute atomic E-state index is 13.7. The lowest BCUT2D eigenvalue weighted by atomic mass is 9.97. The minimum Gasteiger partial charge on any atom is -0.352 e. The fourth-order valence-electron chi connectivity index (χ4n) is 2.47. The molecule has 0 aromatic heterocycles. The smallest absolute Gasteiger partial charge is 0.245 e. The van der Waals surface area contributed by atoms with Crippen LogP contribution in [0, 0.1) is 11.7 Å². The van der Waals surface area contributed by atoms with Crippen molar-refractivity contribution in [3.8, 4) is 0 Å². The number of carbonyl (C=O) groups excluding carboxylic acids is 1. The molecule has 0 aliphatic carbocycles. The highest BCUT2D eigenvalue weighted by molar-refractivity contribution is 7.89. The molecule has 120 valence electrons. The third kappa shape index (κ3) is 3.53. The Labute approximate surface area is 129 Å². The first-order valence-corrected chi connectivity index (χ1v) is 8.54. The van der Waals surface area contributed by atoms with E-state index in [-0.39, 0.29) is 29.8 Å². The van der Waals surface area contributed by atoms with Crippen molar-refractivity contribution in [1.82, 2.24) is 9.62 Å². The van der Waals surface area contributed by atoms with Gasteiger partial charge in [0.25, 0.3) is 0 Å². The summed E-state index contributed by atoms with van der Waals surface area (Å²) < 4.78 is 39.8. The van der Waals surface area contributed by atoms with Crippen molar-refractivity contribution >= 4 is 15.9 Å². The van der Waals surface area contributed by atoms with E-state index in [1.807, 2.05) is 0 Å². The Bertz CT molecular complexity index is 653. The van der Waals surface area contributed by atoms with E-state index in [0.717, 1.165) is 6.07 Å². The molecule has 0 atom stereocenters. The Morgan fingerprint density at radius 3 is 2.59 bits per heavy atom. The minimum atomic E-state index is -3.85. The number of benzene rings is 1. The molecule has 1 heterocycles. The van der Waals surface area contributed by atoms with Gasteiger partial charge in [-0.2, -0.15) is 4.31 Å². The minimum absolute atomic E-state index is 0.0946. The van der Waals surface area contributed by atoms with Crippen LogP contribution in [0.25, 0.3) is 0 Å². The molecule has 7 heteroatoms. The van der Waals surface area contributed by atoms with E-state index in [9.17, 15) is 17.6 Å². The van der Waals surface area contributed by atoms with Gasteiger partial charge in [0.2, 0.25) is 15.9 Å². The van der Waals surface area contributed by atoms with Crippen LogP contribution in [0.1, 0.15) is 12.8 Å². The highest BCUT2D eigenvalue weighted by Crippen LogP contribution is 2.25. The third-order valence-corrected chi connectivity index (χ3v) is 5.63. The molecule has 0 spiro atoms. The van der Waals surface area contributed by atoms with E-state index in [4.69, 9.17) is 0 Å². The van der Waals surface area contributed by atoms with Gasteiger partial charge in [0.1, 0.15) is 10.7 Å². The average molecular weight is 326 g/mol. The second kappa shape index (κ2) is 7.02. The first kappa shape index (κ1) is 16.6. The quantitative estimate of drug-likeness (QED) is 0.835. The van der Waals surface area contributed by atoms with Crippen molar-refractivity contribution in [2.45, 2.75) is 17.7 Å². The van der Waals surface area contributed by atoms with E-state index in [1.54, 1.807) is 6.08 Å². The number of carbonyl (C=O) groups is 1. The first-order chi connectivity index (χ1) is 10.5. The SMILES string of the molecule is C=CCNC(=O)C1CCN(S(=O)(=O)c2ccccc2F)CC1. The molecule has 1 aromatic rings. The van der Waals surface area contributed by atoms with Gasteiger partial charge in [0.05, 0.1) is 0 Å². The molecule has 0 bridgehead atoms. The number of nitrogens with one attached hydrogen (secondary N) is 1. The number of hydrogen-bond donors (Lipinski definition) is 1. The van der Waals surface area contributed by atoms with Gasteiger partial charge in [-0.1, -0.05) is 18.2 Å². The average Bonchev–Trinajstić information content (AvgIpc) is 2.53. The Hall–Kier alpha value is -1.73. The fraction of sp³-hybridized carbons (Fsp3) is 0.400. The molecule has 0 unspecified atom stereocenters. The Morgan fingerprint density at radius 2 is 2.00 bits per heavy atom. The number of piperidine rings is 1. The van der Waals surface area contributed by atoms with Crippen LogP contribution < -0.4 is 5.32 Å². The highest BCUT2D eigenvalue weighted by atomic mass is 32.2. The number of nitrogens with zero attached hydrogens (tertiary/aromatic N) is 1. The first-order valence-electron chi connectivity index (χ1n) is 7.10. The molecule has 0 radical (unpaired) electrons. The Balaban J connectivity index is 2.04. The molecule has 2 rings (SSSR count). The zero-order valence-corrected chi connectivity index (χ0v) is 13.0. The van der Waals surface area contributed by atoms with Gasteiger partial charge in [-0.05, 0) is 25.0 Å². The van der Waals surface area contributed by atoms with Crippen LogP contribution in [0.4, 0.5) is 4.39 Å². The lowest BCUT2D eigenvalue weighted by Crippen LogP contribution is -2.43. The summed E-state index contributed by atoms with van der Waals surface area (Å²) in [6.45, 7) is 4.34.